The molecule has 2 rings (SSSR count). The van der Waals surface area contributed by atoms with Gasteiger partial charge in [0.1, 0.15) is 5.75 Å². The molecule has 1 saturated heterocycles. The van der Waals surface area contributed by atoms with Gasteiger partial charge >= 0.3 is 0 Å². The van der Waals surface area contributed by atoms with Crippen LogP contribution in [0.2, 0.25) is 0 Å². The summed E-state index contributed by atoms with van der Waals surface area (Å²) in [5.74, 6) is 1.67. The van der Waals surface area contributed by atoms with Crippen LogP contribution >= 0.6 is 0 Å². The monoisotopic (exact) mass is 247 g/mol. The Bertz CT molecular complexity index is 442. The molecule has 98 valence electrons. The number of benzene rings is 1. The molecule has 0 amide bonds. The molecule has 1 aliphatic heterocycles. The third-order valence-corrected chi connectivity index (χ3v) is 3.80. The van der Waals surface area contributed by atoms with Crippen molar-refractivity contribution >= 4 is 5.78 Å². The number of hydrogen-bond donors (Lipinski definition) is 1. The molecule has 3 nitrogen and oxygen atoms in total. The van der Waals surface area contributed by atoms with Gasteiger partial charge in [0.05, 0.1) is 7.11 Å². The predicted octanol–water partition coefficient (Wildman–Crippen LogP) is 2.43. The minimum Gasteiger partial charge on any atom is -0.496 e. The van der Waals surface area contributed by atoms with Crippen molar-refractivity contribution in [3.8, 4) is 5.75 Å². The number of ketones is 1. The Morgan fingerprint density at radius 2 is 2.22 bits per heavy atom. The van der Waals surface area contributed by atoms with Gasteiger partial charge in [-0.2, -0.15) is 0 Å². The quantitative estimate of drug-likeness (QED) is 0.834. The molecule has 0 saturated carbocycles. The number of carbonyl (C=O) groups is 1. The maximum Gasteiger partial charge on any atom is 0.166 e. The van der Waals surface area contributed by atoms with E-state index >= 15 is 0 Å². The van der Waals surface area contributed by atoms with Crippen molar-refractivity contribution in [2.45, 2.75) is 20.3 Å². The second-order valence-corrected chi connectivity index (χ2v) is 5.13. The Labute approximate surface area is 109 Å². The Hall–Kier alpha value is -1.35. The van der Waals surface area contributed by atoms with E-state index in [0.717, 1.165) is 36.4 Å². The summed E-state index contributed by atoms with van der Waals surface area (Å²) in [6.45, 7) is 5.99. The average Bonchev–Trinajstić information content (AvgIpc) is 2.38. The molecule has 1 heterocycles. The summed E-state index contributed by atoms with van der Waals surface area (Å²) in [5.41, 5.74) is 1.83. The molecule has 3 heteroatoms. The molecule has 0 spiro atoms. The number of aryl methyl sites for hydroxylation is 1. The highest BCUT2D eigenvalue weighted by atomic mass is 16.5. The molecule has 18 heavy (non-hydrogen) atoms. The van der Waals surface area contributed by atoms with Gasteiger partial charge in [0.15, 0.2) is 5.78 Å². The highest BCUT2D eigenvalue weighted by molar-refractivity contribution is 5.98. The number of piperidine rings is 1. The van der Waals surface area contributed by atoms with Crippen LogP contribution in [0.15, 0.2) is 18.2 Å². The van der Waals surface area contributed by atoms with Gasteiger partial charge in [0, 0.05) is 11.5 Å². The normalized spacial score (nSPS) is 23.7. The number of nitrogens with one attached hydrogen (secondary N) is 1. The summed E-state index contributed by atoms with van der Waals surface area (Å²) in [7, 11) is 1.65. The molecule has 2 unspecified atom stereocenters. The molecule has 0 radical (unpaired) electrons. The zero-order valence-corrected chi connectivity index (χ0v) is 11.3. The van der Waals surface area contributed by atoms with Gasteiger partial charge in [0.2, 0.25) is 0 Å². The first-order valence-corrected chi connectivity index (χ1v) is 6.53. The summed E-state index contributed by atoms with van der Waals surface area (Å²) in [6.07, 6.45) is 0.936. The van der Waals surface area contributed by atoms with E-state index in [1.807, 2.05) is 25.1 Å². The highest BCUT2D eigenvalue weighted by Gasteiger charge is 2.28. The number of rotatable bonds is 3. The molecule has 1 aromatic carbocycles. The fourth-order valence-corrected chi connectivity index (χ4v) is 2.65. The van der Waals surface area contributed by atoms with Crippen LogP contribution in [0.4, 0.5) is 0 Å². The fraction of sp³-hybridized carbons (Fsp3) is 0.533. The van der Waals surface area contributed by atoms with Crippen LogP contribution in [0.25, 0.3) is 0 Å². The Morgan fingerprint density at radius 1 is 1.44 bits per heavy atom. The minimum atomic E-state index is 0.152. The third kappa shape index (κ3) is 2.56. The summed E-state index contributed by atoms with van der Waals surface area (Å²) >= 11 is 0. The molecular weight excluding hydrogens is 226 g/mol. The van der Waals surface area contributed by atoms with Crippen LogP contribution in [0.1, 0.15) is 29.3 Å². The van der Waals surface area contributed by atoms with E-state index in [1.165, 1.54) is 0 Å². The van der Waals surface area contributed by atoms with Gasteiger partial charge in [-0.05, 0) is 56.1 Å². The van der Waals surface area contributed by atoms with E-state index in [4.69, 9.17) is 4.74 Å². The smallest absolute Gasteiger partial charge is 0.166 e. The van der Waals surface area contributed by atoms with E-state index in [9.17, 15) is 4.79 Å². The molecule has 1 aliphatic rings. The number of carbonyl (C=O) groups excluding carboxylic acids is 1. The second-order valence-electron chi connectivity index (χ2n) is 5.13. The van der Waals surface area contributed by atoms with Crippen molar-refractivity contribution in [3.05, 3.63) is 29.3 Å². The molecule has 1 aromatic rings. The van der Waals surface area contributed by atoms with E-state index in [-0.39, 0.29) is 11.7 Å². The van der Waals surface area contributed by atoms with E-state index in [0.29, 0.717) is 5.92 Å². The first kappa shape index (κ1) is 13.1. The molecule has 0 bridgehead atoms. The fourth-order valence-electron chi connectivity index (χ4n) is 2.65. The molecular formula is C15H21NO2. The van der Waals surface area contributed by atoms with Crippen LogP contribution in [0, 0.1) is 18.8 Å². The molecule has 1 N–H and O–H groups in total. The van der Waals surface area contributed by atoms with Crippen molar-refractivity contribution in [3.63, 3.8) is 0 Å². The van der Waals surface area contributed by atoms with Crippen LogP contribution in [-0.4, -0.2) is 26.0 Å². The summed E-state index contributed by atoms with van der Waals surface area (Å²) in [5, 5.41) is 3.33. The lowest BCUT2D eigenvalue weighted by molar-refractivity contribution is 0.0848. The summed E-state index contributed by atoms with van der Waals surface area (Å²) < 4.78 is 5.23. The second kappa shape index (κ2) is 5.53. The molecule has 0 aromatic heterocycles. The number of methoxy groups -OCH3 is 1. The van der Waals surface area contributed by atoms with Gasteiger partial charge in [-0.15, -0.1) is 0 Å². The van der Waals surface area contributed by atoms with E-state index < -0.39 is 0 Å². The largest absolute Gasteiger partial charge is 0.496 e. The van der Waals surface area contributed by atoms with Crippen LogP contribution in [0.3, 0.4) is 0 Å². The van der Waals surface area contributed by atoms with Gasteiger partial charge in [0.25, 0.3) is 0 Å². The first-order valence-electron chi connectivity index (χ1n) is 6.53. The number of hydrogen-bond acceptors (Lipinski definition) is 3. The lowest BCUT2D eigenvalue weighted by atomic mass is 9.82. The van der Waals surface area contributed by atoms with Crippen LogP contribution < -0.4 is 10.1 Å². The van der Waals surface area contributed by atoms with E-state index in [2.05, 4.69) is 12.2 Å². The predicted molar refractivity (Wildman–Crippen MR) is 72.2 cm³/mol. The van der Waals surface area contributed by atoms with Gasteiger partial charge in [-0.3, -0.25) is 4.79 Å². The zero-order valence-electron chi connectivity index (χ0n) is 11.3. The first-order chi connectivity index (χ1) is 8.63. The van der Waals surface area contributed by atoms with Crippen molar-refractivity contribution < 1.29 is 9.53 Å². The number of ether oxygens (including phenoxy) is 1. The Morgan fingerprint density at radius 3 is 2.83 bits per heavy atom. The number of Topliss-reactive ketones (excluding diaryl/α,β-unsaturated/α-hetero) is 1. The standard InChI is InChI=1S/C15H21NO2/c1-10-8-12(4-5-14(10)18-3)15(17)13-6-7-16-9-11(13)2/h4-5,8,11,13,16H,6-7,9H2,1-3H3. The lowest BCUT2D eigenvalue weighted by Gasteiger charge is -2.28. The van der Waals surface area contributed by atoms with Crippen molar-refractivity contribution in [2.24, 2.45) is 11.8 Å². The highest BCUT2D eigenvalue weighted by Crippen LogP contribution is 2.26. The lowest BCUT2D eigenvalue weighted by Crippen LogP contribution is -2.38. The zero-order chi connectivity index (χ0) is 13.1. The van der Waals surface area contributed by atoms with Crippen molar-refractivity contribution in [1.82, 2.24) is 5.32 Å². The summed E-state index contributed by atoms with van der Waals surface area (Å²) in [4.78, 5) is 12.5. The van der Waals surface area contributed by atoms with Gasteiger partial charge in [-0.1, -0.05) is 6.92 Å². The Kier molecular flexibility index (Phi) is 4.02. The van der Waals surface area contributed by atoms with E-state index in [1.54, 1.807) is 7.11 Å². The SMILES string of the molecule is COc1ccc(C(=O)C2CCNCC2C)cc1C. The topological polar surface area (TPSA) is 38.3 Å². The maximum atomic E-state index is 12.5. The molecule has 1 fully saturated rings. The third-order valence-electron chi connectivity index (χ3n) is 3.80. The van der Waals surface area contributed by atoms with Gasteiger partial charge < -0.3 is 10.1 Å². The molecule has 0 aliphatic carbocycles. The van der Waals surface area contributed by atoms with Crippen molar-refractivity contribution in [1.29, 1.82) is 0 Å². The minimum absolute atomic E-state index is 0.152. The summed E-state index contributed by atoms with van der Waals surface area (Å²) in [6, 6.07) is 5.70. The van der Waals surface area contributed by atoms with Crippen LogP contribution in [-0.2, 0) is 0 Å². The van der Waals surface area contributed by atoms with Crippen molar-refractivity contribution in [2.75, 3.05) is 20.2 Å². The van der Waals surface area contributed by atoms with Crippen LogP contribution in [0.5, 0.6) is 5.75 Å². The average molecular weight is 247 g/mol. The maximum absolute atomic E-state index is 12.5. The van der Waals surface area contributed by atoms with Gasteiger partial charge in [-0.25, -0.2) is 0 Å². The molecule has 2 atom stereocenters. The Balaban J connectivity index is 2.20.